The highest BCUT2D eigenvalue weighted by Gasteiger charge is 2.48. The van der Waals surface area contributed by atoms with Gasteiger partial charge in [0.25, 0.3) is 0 Å². The van der Waals surface area contributed by atoms with Crippen LogP contribution >= 0.6 is 0 Å². The Hall–Kier alpha value is -5.31. The number of carbonyl (C=O) groups is 3. The van der Waals surface area contributed by atoms with Crippen LogP contribution in [0.25, 0.3) is 5.70 Å². The molecule has 0 amide bonds. The summed E-state index contributed by atoms with van der Waals surface area (Å²) in [7, 11) is 0. The summed E-state index contributed by atoms with van der Waals surface area (Å²) in [5.41, 5.74) is 3.12. The van der Waals surface area contributed by atoms with Crippen molar-refractivity contribution in [3.05, 3.63) is 160 Å². The lowest BCUT2D eigenvalue weighted by atomic mass is 9.92. The van der Waals surface area contributed by atoms with Crippen LogP contribution in [0, 0.1) is 0 Å². The largest absolute Gasteiger partial charge is 0.501 e. The number of benzene rings is 4. The van der Waals surface area contributed by atoms with Gasteiger partial charge < -0.3 is 20.3 Å². The lowest BCUT2D eigenvalue weighted by Crippen LogP contribution is -2.53. The predicted molar refractivity (Wildman–Crippen MR) is 165 cm³/mol. The fraction of sp³-hybridized carbons (Fsp3) is 0.139. The summed E-state index contributed by atoms with van der Waals surface area (Å²) in [4.78, 5) is 40.5. The maximum Gasteiger partial charge on any atom is 0.302 e. The number of fused-ring (bicyclic) bond motifs is 2. The third-order valence-electron chi connectivity index (χ3n) is 7.74. The third-order valence-corrected chi connectivity index (χ3v) is 7.74. The molecule has 4 aromatic carbocycles. The van der Waals surface area contributed by atoms with Gasteiger partial charge in [0.1, 0.15) is 5.57 Å². The Bertz CT molecular complexity index is 1810. The summed E-state index contributed by atoms with van der Waals surface area (Å²) in [6.45, 7) is 0.543. The molecule has 8 heteroatoms. The number of ether oxygens (including phenoxy) is 1. The van der Waals surface area contributed by atoms with Gasteiger partial charge >= 0.3 is 5.91 Å². The first kappa shape index (κ1) is 28.8. The predicted octanol–water partition coefficient (Wildman–Crippen LogP) is 4.77. The van der Waals surface area contributed by atoms with Crippen molar-refractivity contribution in [3.8, 4) is 0 Å². The maximum atomic E-state index is 14.0. The summed E-state index contributed by atoms with van der Waals surface area (Å²) in [5, 5.41) is 29.4. The van der Waals surface area contributed by atoms with Crippen LogP contribution in [-0.2, 0) is 17.6 Å². The molecular formula is C36H30N2O6. The van der Waals surface area contributed by atoms with Crippen LogP contribution in [-0.4, -0.2) is 46.6 Å². The number of nitrogens with one attached hydrogen (secondary N) is 2. The lowest BCUT2D eigenvalue weighted by Gasteiger charge is -2.33. The standard InChI is InChI=1S/C36H30N2O6/c39-31-26-16-8-7-15-25(26)30(37-21-19-23-11-3-1-4-12-23)29(31)36(43,38-22-20-24-13-5-2-6-14-24)44-35-33(41)28-18-10-9-17-27(28)32(40)34(35)42/h1-18,37-38,42-43H,19-22H2. The number of rotatable bonds is 11. The molecule has 0 bridgehead atoms. The topological polar surface area (TPSA) is 125 Å². The number of carbonyl (C=O) groups excluding carboxylic acids is 3. The van der Waals surface area contributed by atoms with E-state index in [1.807, 2.05) is 60.7 Å². The molecule has 44 heavy (non-hydrogen) atoms. The molecule has 4 N–H and O–H groups in total. The molecule has 2 aliphatic rings. The number of hydrogen-bond acceptors (Lipinski definition) is 8. The van der Waals surface area contributed by atoms with Crippen LogP contribution in [0.3, 0.4) is 0 Å². The molecule has 0 saturated heterocycles. The summed E-state index contributed by atoms with van der Waals surface area (Å²) in [6, 6.07) is 32.3. The fourth-order valence-electron chi connectivity index (χ4n) is 5.54. The molecule has 2 aliphatic carbocycles. The molecule has 6 rings (SSSR count). The Morgan fingerprint density at radius 2 is 1.07 bits per heavy atom. The van der Waals surface area contributed by atoms with E-state index in [0.717, 1.165) is 11.1 Å². The first-order valence-corrected chi connectivity index (χ1v) is 14.4. The molecular weight excluding hydrogens is 556 g/mol. The zero-order valence-corrected chi connectivity index (χ0v) is 23.7. The number of allylic oxidation sites excluding steroid dienone is 2. The molecule has 0 fully saturated rings. The average molecular weight is 587 g/mol. The normalized spacial score (nSPS) is 15.6. The Morgan fingerprint density at radius 1 is 0.591 bits per heavy atom. The van der Waals surface area contributed by atoms with E-state index in [2.05, 4.69) is 10.6 Å². The number of aliphatic hydroxyl groups is 2. The molecule has 8 nitrogen and oxygen atoms in total. The molecule has 220 valence electrons. The van der Waals surface area contributed by atoms with Crippen molar-refractivity contribution in [2.45, 2.75) is 18.8 Å². The summed E-state index contributed by atoms with van der Waals surface area (Å²) in [5.74, 6) is -6.43. The average Bonchev–Trinajstić information content (AvgIpc) is 3.35. The second-order valence-electron chi connectivity index (χ2n) is 10.6. The Labute approximate surface area is 254 Å². The summed E-state index contributed by atoms with van der Waals surface area (Å²) >= 11 is 0. The highest BCUT2D eigenvalue weighted by atomic mass is 16.7. The lowest BCUT2D eigenvalue weighted by molar-refractivity contribution is -0.165. The summed E-state index contributed by atoms with van der Waals surface area (Å²) < 4.78 is 5.93. The molecule has 1 unspecified atom stereocenters. The number of aliphatic hydroxyl groups excluding tert-OH is 1. The van der Waals surface area contributed by atoms with Gasteiger partial charge in [-0.1, -0.05) is 109 Å². The Morgan fingerprint density at radius 3 is 1.66 bits per heavy atom. The second kappa shape index (κ2) is 12.1. The highest BCUT2D eigenvalue weighted by Crippen LogP contribution is 2.39. The zero-order chi connectivity index (χ0) is 30.7. The van der Waals surface area contributed by atoms with Gasteiger partial charge in [-0.05, 0) is 24.0 Å². The van der Waals surface area contributed by atoms with E-state index >= 15 is 0 Å². The molecule has 4 aromatic rings. The van der Waals surface area contributed by atoms with Gasteiger partial charge in [-0.3, -0.25) is 19.7 Å². The quantitative estimate of drug-likeness (QED) is 0.185. The Kier molecular flexibility index (Phi) is 7.93. The molecule has 0 spiro atoms. The van der Waals surface area contributed by atoms with Crippen molar-refractivity contribution in [3.63, 3.8) is 0 Å². The Balaban J connectivity index is 1.40. The van der Waals surface area contributed by atoms with Gasteiger partial charge in [-0.2, -0.15) is 0 Å². The molecule has 0 radical (unpaired) electrons. The van der Waals surface area contributed by atoms with Gasteiger partial charge in [-0.25, -0.2) is 0 Å². The van der Waals surface area contributed by atoms with E-state index in [0.29, 0.717) is 36.2 Å². The second-order valence-corrected chi connectivity index (χ2v) is 10.6. The van der Waals surface area contributed by atoms with Gasteiger partial charge in [-0.15, -0.1) is 0 Å². The van der Waals surface area contributed by atoms with Crippen molar-refractivity contribution >= 4 is 23.0 Å². The van der Waals surface area contributed by atoms with E-state index in [4.69, 9.17) is 4.74 Å². The van der Waals surface area contributed by atoms with Crippen molar-refractivity contribution in [1.82, 2.24) is 10.6 Å². The minimum atomic E-state index is -2.61. The van der Waals surface area contributed by atoms with Crippen LogP contribution in [0.5, 0.6) is 0 Å². The van der Waals surface area contributed by atoms with Crippen LogP contribution in [0.2, 0.25) is 0 Å². The minimum absolute atomic E-state index is 0.0214. The SMILES string of the molecule is O=C1C(O)=C(OC(O)(NCCc2ccccc2)C2=C(NCCc3ccccc3)c3ccccc3C2=O)C(=O)c2ccccc21. The molecule has 0 aromatic heterocycles. The van der Waals surface area contributed by atoms with Crippen molar-refractivity contribution in [2.75, 3.05) is 13.1 Å². The first-order chi connectivity index (χ1) is 21.4. The molecule has 0 heterocycles. The molecule has 0 aliphatic heterocycles. The highest BCUT2D eigenvalue weighted by molar-refractivity contribution is 6.25. The number of hydrogen-bond donors (Lipinski definition) is 4. The fourth-order valence-corrected chi connectivity index (χ4v) is 5.54. The van der Waals surface area contributed by atoms with Gasteiger partial charge in [0.05, 0.1) is 5.70 Å². The van der Waals surface area contributed by atoms with Crippen molar-refractivity contribution < 1.29 is 29.3 Å². The van der Waals surface area contributed by atoms with Gasteiger partial charge in [0, 0.05) is 35.3 Å². The smallest absolute Gasteiger partial charge is 0.302 e. The van der Waals surface area contributed by atoms with E-state index in [1.54, 1.807) is 36.4 Å². The van der Waals surface area contributed by atoms with Crippen molar-refractivity contribution in [2.24, 2.45) is 0 Å². The van der Waals surface area contributed by atoms with E-state index in [-0.39, 0.29) is 23.2 Å². The number of ketones is 3. The van der Waals surface area contributed by atoms with Crippen LogP contribution < -0.4 is 10.6 Å². The van der Waals surface area contributed by atoms with E-state index in [1.165, 1.54) is 12.1 Å². The van der Waals surface area contributed by atoms with Gasteiger partial charge in [0.15, 0.2) is 5.78 Å². The number of Topliss-reactive ketones (excluding diaryl/α,β-unsaturated/α-hetero) is 3. The first-order valence-electron chi connectivity index (χ1n) is 14.4. The van der Waals surface area contributed by atoms with Gasteiger partial charge in [0.2, 0.25) is 23.1 Å². The molecule has 1 atom stereocenters. The maximum absolute atomic E-state index is 14.0. The van der Waals surface area contributed by atoms with E-state index < -0.39 is 34.8 Å². The third kappa shape index (κ3) is 5.44. The molecule has 0 saturated carbocycles. The van der Waals surface area contributed by atoms with Crippen molar-refractivity contribution in [1.29, 1.82) is 0 Å². The summed E-state index contributed by atoms with van der Waals surface area (Å²) in [6.07, 6.45) is 1.07. The minimum Gasteiger partial charge on any atom is -0.501 e. The van der Waals surface area contributed by atoms with Crippen LogP contribution in [0.4, 0.5) is 0 Å². The zero-order valence-electron chi connectivity index (χ0n) is 23.7. The van der Waals surface area contributed by atoms with E-state index in [9.17, 15) is 24.6 Å². The van der Waals surface area contributed by atoms with Crippen LogP contribution in [0.15, 0.2) is 126 Å². The van der Waals surface area contributed by atoms with Crippen LogP contribution in [0.1, 0.15) is 47.8 Å². The monoisotopic (exact) mass is 586 g/mol.